The van der Waals surface area contributed by atoms with E-state index in [0.717, 1.165) is 64.2 Å². The second-order valence-electron chi connectivity index (χ2n) is 21.3. The molecule has 0 fully saturated rings. The normalized spacial score (nSPS) is 12.0. The van der Waals surface area contributed by atoms with Gasteiger partial charge in [-0.1, -0.05) is 303 Å². The topological polar surface area (TPSA) is 78.9 Å². The van der Waals surface area contributed by atoms with Crippen LogP contribution in [0.1, 0.15) is 355 Å². The van der Waals surface area contributed by atoms with E-state index in [1.807, 2.05) is 0 Å². The zero-order valence-electron chi connectivity index (χ0n) is 46.9. The molecule has 0 aromatic carbocycles. The number of hydrogen-bond donors (Lipinski definition) is 0. The average molecular weight is 974 g/mol. The molecule has 0 saturated carbocycles. The molecule has 0 aliphatic carbocycles. The van der Waals surface area contributed by atoms with Crippen molar-refractivity contribution in [3.05, 3.63) is 12.2 Å². The van der Waals surface area contributed by atoms with Crippen molar-refractivity contribution in [1.82, 2.24) is 0 Å². The molecule has 6 nitrogen and oxygen atoms in total. The Kier molecular flexibility index (Phi) is 57.1. The third kappa shape index (κ3) is 56.9. The predicted molar refractivity (Wildman–Crippen MR) is 298 cm³/mol. The lowest BCUT2D eigenvalue weighted by atomic mass is 10.0. The Bertz CT molecular complexity index is 1070. The van der Waals surface area contributed by atoms with Crippen LogP contribution in [0.2, 0.25) is 0 Å². The van der Waals surface area contributed by atoms with E-state index in [4.69, 9.17) is 14.2 Å². The predicted octanol–water partition coefficient (Wildman–Crippen LogP) is 20.9. The second-order valence-corrected chi connectivity index (χ2v) is 21.3. The minimum Gasteiger partial charge on any atom is -0.462 e. The van der Waals surface area contributed by atoms with Crippen molar-refractivity contribution in [1.29, 1.82) is 0 Å². The summed E-state index contributed by atoms with van der Waals surface area (Å²) in [5.74, 6) is -0.859. The number of allylic oxidation sites excluding steroid dienone is 2. The van der Waals surface area contributed by atoms with Crippen LogP contribution in [0.5, 0.6) is 0 Å². The molecule has 1 atom stereocenters. The lowest BCUT2D eigenvalue weighted by molar-refractivity contribution is -0.167. The minimum absolute atomic E-state index is 0.0680. The first-order valence-corrected chi connectivity index (χ1v) is 31.2. The summed E-state index contributed by atoms with van der Waals surface area (Å²) in [4.78, 5) is 38.0. The largest absolute Gasteiger partial charge is 0.462 e. The maximum absolute atomic E-state index is 12.8. The number of carbonyl (C=O) groups is 3. The molecule has 0 aromatic heterocycles. The van der Waals surface area contributed by atoms with Crippen LogP contribution in [0.15, 0.2) is 12.2 Å². The molecule has 408 valence electrons. The summed E-state index contributed by atoms with van der Waals surface area (Å²) in [7, 11) is 0. The minimum atomic E-state index is -0.768. The molecule has 0 aliphatic heterocycles. The van der Waals surface area contributed by atoms with Crippen molar-refractivity contribution in [3.8, 4) is 0 Å². The van der Waals surface area contributed by atoms with Gasteiger partial charge in [-0.15, -0.1) is 0 Å². The van der Waals surface area contributed by atoms with Crippen molar-refractivity contribution >= 4 is 17.9 Å². The third-order valence-corrected chi connectivity index (χ3v) is 14.3. The Balaban J connectivity index is 4.01. The Labute approximate surface area is 431 Å². The number of esters is 3. The van der Waals surface area contributed by atoms with Crippen LogP contribution >= 0.6 is 0 Å². The van der Waals surface area contributed by atoms with Gasteiger partial charge in [-0.2, -0.15) is 0 Å². The van der Waals surface area contributed by atoms with Gasteiger partial charge in [0.25, 0.3) is 0 Å². The van der Waals surface area contributed by atoms with Crippen LogP contribution in [0.25, 0.3) is 0 Å². The Morgan fingerprint density at radius 3 is 0.725 bits per heavy atom. The highest BCUT2D eigenvalue weighted by Crippen LogP contribution is 2.18. The summed E-state index contributed by atoms with van der Waals surface area (Å²) in [6, 6.07) is 0. The van der Waals surface area contributed by atoms with E-state index in [9.17, 15) is 14.4 Å². The van der Waals surface area contributed by atoms with Gasteiger partial charge in [0.2, 0.25) is 0 Å². The quantitative estimate of drug-likeness (QED) is 0.0261. The molecule has 0 aliphatic rings. The number of ether oxygens (including phenoxy) is 3. The Morgan fingerprint density at radius 1 is 0.275 bits per heavy atom. The van der Waals surface area contributed by atoms with E-state index in [1.165, 1.54) is 250 Å². The maximum Gasteiger partial charge on any atom is 0.306 e. The molecular formula is C63H120O6. The van der Waals surface area contributed by atoms with Crippen LogP contribution < -0.4 is 0 Å². The van der Waals surface area contributed by atoms with Gasteiger partial charge in [0.1, 0.15) is 13.2 Å². The summed E-state index contributed by atoms with van der Waals surface area (Å²) in [6.45, 7) is 6.65. The lowest BCUT2D eigenvalue weighted by Gasteiger charge is -2.18. The number of carbonyl (C=O) groups excluding carboxylic acids is 3. The summed E-state index contributed by atoms with van der Waals surface area (Å²) < 4.78 is 16.8. The molecule has 0 amide bonds. The first-order valence-electron chi connectivity index (χ1n) is 31.2. The van der Waals surface area contributed by atoms with Crippen molar-refractivity contribution in [2.45, 2.75) is 361 Å². The zero-order chi connectivity index (χ0) is 50.0. The van der Waals surface area contributed by atoms with E-state index >= 15 is 0 Å². The van der Waals surface area contributed by atoms with Crippen LogP contribution in [0, 0.1) is 0 Å². The maximum atomic E-state index is 12.8. The number of hydrogen-bond acceptors (Lipinski definition) is 6. The SMILES string of the molecule is CCCCCCC/C=C\CCCCCCCC(=O)OC(COC(=O)CCCCCCCCCC)COC(=O)CCCCCCCCCCCCCCCCCCCCCCCCCCCCCCC. The van der Waals surface area contributed by atoms with Crippen LogP contribution in [0.4, 0.5) is 0 Å². The number of rotatable bonds is 58. The second kappa shape index (κ2) is 58.7. The van der Waals surface area contributed by atoms with Gasteiger partial charge in [0.15, 0.2) is 6.10 Å². The van der Waals surface area contributed by atoms with E-state index in [2.05, 4.69) is 32.9 Å². The molecule has 0 bridgehead atoms. The smallest absolute Gasteiger partial charge is 0.306 e. The van der Waals surface area contributed by atoms with Crippen molar-refractivity contribution in [3.63, 3.8) is 0 Å². The Hall–Kier alpha value is -1.85. The van der Waals surface area contributed by atoms with Crippen molar-refractivity contribution in [2.24, 2.45) is 0 Å². The van der Waals surface area contributed by atoms with Crippen molar-refractivity contribution < 1.29 is 28.6 Å². The van der Waals surface area contributed by atoms with Gasteiger partial charge in [0, 0.05) is 19.3 Å². The van der Waals surface area contributed by atoms with E-state index in [-0.39, 0.29) is 31.1 Å². The molecule has 0 rings (SSSR count). The molecule has 0 radical (unpaired) electrons. The summed E-state index contributed by atoms with van der Waals surface area (Å²) in [6.07, 6.45) is 68.2. The van der Waals surface area contributed by atoms with Gasteiger partial charge in [-0.05, 0) is 44.9 Å². The highest BCUT2D eigenvalue weighted by molar-refractivity contribution is 5.71. The van der Waals surface area contributed by atoms with Gasteiger partial charge in [-0.3, -0.25) is 14.4 Å². The van der Waals surface area contributed by atoms with E-state index in [0.29, 0.717) is 19.3 Å². The first-order chi connectivity index (χ1) is 34.0. The molecule has 0 spiro atoms. The summed E-state index contributed by atoms with van der Waals surface area (Å²) >= 11 is 0. The van der Waals surface area contributed by atoms with Crippen LogP contribution in [0.3, 0.4) is 0 Å². The molecule has 0 saturated heterocycles. The highest BCUT2D eigenvalue weighted by Gasteiger charge is 2.19. The standard InChI is InChI=1S/C63H120O6/c1-4-7-10-13-16-19-21-23-25-26-27-28-29-30-31-32-33-34-35-36-37-38-39-41-42-44-47-50-53-56-62(65)68-59-60(58-67-61(64)55-52-49-46-18-15-12-9-6-3)69-63(66)57-54-51-48-45-43-40-24-22-20-17-14-11-8-5-2/h22,24,60H,4-21,23,25-59H2,1-3H3/b24-22-. The highest BCUT2D eigenvalue weighted by atomic mass is 16.6. The molecule has 69 heavy (non-hydrogen) atoms. The van der Waals surface area contributed by atoms with Crippen LogP contribution in [-0.4, -0.2) is 37.2 Å². The Morgan fingerprint density at radius 2 is 0.478 bits per heavy atom. The molecule has 6 heteroatoms. The molecule has 1 unspecified atom stereocenters. The van der Waals surface area contributed by atoms with E-state index in [1.54, 1.807) is 0 Å². The molecule has 0 aromatic rings. The van der Waals surface area contributed by atoms with Crippen molar-refractivity contribution in [2.75, 3.05) is 13.2 Å². The number of unbranched alkanes of at least 4 members (excludes halogenated alkanes) is 45. The third-order valence-electron chi connectivity index (χ3n) is 14.3. The zero-order valence-corrected chi connectivity index (χ0v) is 46.9. The molecular weight excluding hydrogens is 853 g/mol. The average Bonchev–Trinajstić information content (AvgIpc) is 3.35. The fourth-order valence-corrected chi connectivity index (χ4v) is 9.56. The van der Waals surface area contributed by atoms with Gasteiger partial charge in [-0.25, -0.2) is 0 Å². The van der Waals surface area contributed by atoms with Crippen LogP contribution in [-0.2, 0) is 28.6 Å². The summed E-state index contributed by atoms with van der Waals surface area (Å²) in [5.41, 5.74) is 0. The van der Waals surface area contributed by atoms with Gasteiger partial charge in [0.05, 0.1) is 0 Å². The van der Waals surface area contributed by atoms with E-state index < -0.39 is 6.10 Å². The fourth-order valence-electron chi connectivity index (χ4n) is 9.56. The summed E-state index contributed by atoms with van der Waals surface area (Å²) in [5, 5.41) is 0. The monoisotopic (exact) mass is 973 g/mol. The molecule has 0 N–H and O–H groups in total. The van der Waals surface area contributed by atoms with Gasteiger partial charge < -0.3 is 14.2 Å². The first kappa shape index (κ1) is 67.1. The lowest BCUT2D eigenvalue weighted by Crippen LogP contribution is -2.30. The molecule has 0 heterocycles. The fraction of sp³-hybridized carbons (Fsp3) is 0.921. The van der Waals surface area contributed by atoms with Gasteiger partial charge >= 0.3 is 17.9 Å².